The molecule has 0 atom stereocenters. The van der Waals surface area contributed by atoms with Gasteiger partial charge in [-0.1, -0.05) is 0 Å². The van der Waals surface area contributed by atoms with Gasteiger partial charge in [0.15, 0.2) is 13.1 Å². The van der Waals surface area contributed by atoms with Gasteiger partial charge >= 0.3 is 0 Å². The van der Waals surface area contributed by atoms with E-state index in [0.29, 0.717) is 13.1 Å². The van der Waals surface area contributed by atoms with Crippen LogP contribution in [0.3, 0.4) is 0 Å². The lowest BCUT2D eigenvalue weighted by atomic mass is 10.2. The van der Waals surface area contributed by atoms with Crippen LogP contribution in [-0.4, -0.2) is 89.2 Å². The Morgan fingerprint density at radius 2 is 1.52 bits per heavy atom. The Labute approximate surface area is 159 Å². The van der Waals surface area contributed by atoms with Crippen LogP contribution in [0.25, 0.3) is 0 Å². The molecule has 148 valence electrons. The van der Waals surface area contributed by atoms with Gasteiger partial charge in [0.05, 0.1) is 52.4 Å². The molecule has 27 heavy (non-hydrogen) atoms. The van der Waals surface area contributed by atoms with Gasteiger partial charge in [0, 0.05) is 12.7 Å². The first-order valence-electron chi connectivity index (χ1n) is 9.71. The van der Waals surface area contributed by atoms with Gasteiger partial charge in [-0.3, -0.25) is 9.59 Å². The molecule has 1 aromatic carbocycles. The van der Waals surface area contributed by atoms with E-state index in [9.17, 15) is 14.0 Å². The van der Waals surface area contributed by atoms with Crippen LogP contribution in [0.4, 0.5) is 10.1 Å². The SMILES string of the molecule is CNC(=O)C[NH+]1CCN(C(=O)C[NH+]2CCN(c3ccc(F)cc3)CC2)CC1. The zero-order valence-corrected chi connectivity index (χ0v) is 16.0. The fourth-order valence-corrected chi connectivity index (χ4v) is 3.80. The second-order valence-electron chi connectivity index (χ2n) is 7.37. The highest BCUT2D eigenvalue weighted by atomic mass is 19.1. The van der Waals surface area contributed by atoms with E-state index in [-0.39, 0.29) is 17.6 Å². The minimum Gasteiger partial charge on any atom is -0.360 e. The number of carbonyl (C=O) groups is 2. The molecule has 0 saturated carbocycles. The topological polar surface area (TPSA) is 61.5 Å². The summed E-state index contributed by atoms with van der Waals surface area (Å²) in [6, 6.07) is 6.60. The minimum absolute atomic E-state index is 0.0493. The van der Waals surface area contributed by atoms with E-state index in [1.54, 1.807) is 7.05 Å². The number of halogens is 1. The summed E-state index contributed by atoms with van der Waals surface area (Å²) in [6.45, 7) is 7.67. The second kappa shape index (κ2) is 9.14. The maximum atomic E-state index is 13.1. The number of anilines is 1. The molecule has 0 aliphatic carbocycles. The summed E-state index contributed by atoms with van der Waals surface area (Å²) in [5, 5.41) is 2.65. The number of amides is 2. The number of rotatable bonds is 5. The fourth-order valence-electron chi connectivity index (χ4n) is 3.80. The van der Waals surface area contributed by atoms with Crippen molar-refractivity contribution >= 4 is 17.5 Å². The van der Waals surface area contributed by atoms with E-state index in [4.69, 9.17) is 0 Å². The van der Waals surface area contributed by atoms with Gasteiger partial charge in [-0.2, -0.15) is 0 Å². The van der Waals surface area contributed by atoms with Crippen molar-refractivity contribution in [3.8, 4) is 0 Å². The monoisotopic (exact) mass is 379 g/mol. The Morgan fingerprint density at radius 3 is 2.11 bits per heavy atom. The first-order chi connectivity index (χ1) is 13.0. The molecule has 0 unspecified atom stereocenters. The Balaban J connectivity index is 1.39. The summed E-state index contributed by atoms with van der Waals surface area (Å²) in [4.78, 5) is 30.8. The number of nitrogens with one attached hydrogen (secondary N) is 3. The van der Waals surface area contributed by atoms with Crippen molar-refractivity contribution in [2.24, 2.45) is 0 Å². The summed E-state index contributed by atoms with van der Waals surface area (Å²) in [5.41, 5.74) is 1.04. The third-order valence-corrected chi connectivity index (χ3v) is 5.58. The molecule has 2 heterocycles. The summed E-state index contributed by atoms with van der Waals surface area (Å²) < 4.78 is 13.1. The average molecular weight is 379 g/mol. The average Bonchev–Trinajstić information content (AvgIpc) is 2.69. The zero-order chi connectivity index (χ0) is 19.2. The maximum Gasteiger partial charge on any atom is 0.278 e. The van der Waals surface area contributed by atoms with E-state index in [1.807, 2.05) is 17.0 Å². The Kier molecular flexibility index (Phi) is 6.63. The van der Waals surface area contributed by atoms with Crippen molar-refractivity contribution < 1.29 is 23.8 Å². The standard InChI is InChI=1S/C19H28FN5O2/c1-21-18(26)14-22-8-12-25(13-9-22)19(27)15-23-6-10-24(11-7-23)17-4-2-16(20)3-5-17/h2-5H,6-15H2,1H3,(H,21,26)/p+2. The normalized spacial score (nSPS) is 19.2. The molecule has 2 amide bonds. The lowest BCUT2D eigenvalue weighted by Crippen LogP contribution is -3.17. The molecule has 7 nitrogen and oxygen atoms in total. The van der Waals surface area contributed by atoms with Gasteiger partial charge in [-0.25, -0.2) is 4.39 Å². The molecule has 0 aromatic heterocycles. The van der Waals surface area contributed by atoms with Crippen LogP contribution >= 0.6 is 0 Å². The smallest absolute Gasteiger partial charge is 0.278 e. The number of hydrogen-bond acceptors (Lipinski definition) is 3. The molecule has 2 aliphatic heterocycles. The first-order valence-corrected chi connectivity index (χ1v) is 9.71. The lowest BCUT2D eigenvalue weighted by molar-refractivity contribution is -0.898. The van der Waals surface area contributed by atoms with Crippen LogP contribution in [0.5, 0.6) is 0 Å². The predicted octanol–water partition coefficient (Wildman–Crippen LogP) is -3.00. The largest absolute Gasteiger partial charge is 0.360 e. The van der Waals surface area contributed by atoms with E-state index in [0.717, 1.165) is 58.0 Å². The second-order valence-corrected chi connectivity index (χ2v) is 7.37. The van der Waals surface area contributed by atoms with Crippen LogP contribution in [0.15, 0.2) is 24.3 Å². The maximum absolute atomic E-state index is 13.1. The van der Waals surface area contributed by atoms with Crippen molar-refractivity contribution in [3.63, 3.8) is 0 Å². The first kappa shape index (κ1) is 19.6. The highest BCUT2D eigenvalue weighted by Gasteiger charge is 2.28. The fraction of sp³-hybridized carbons (Fsp3) is 0.579. The van der Waals surface area contributed by atoms with E-state index < -0.39 is 0 Å². The number of benzene rings is 1. The van der Waals surface area contributed by atoms with Gasteiger partial charge in [-0.05, 0) is 24.3 Å². The van der Waals surface area contributed by atoms with Crippen molar-refractivity contribution in [2.45, 2.75) is 0 Å². The molecule has 0 radical (unpaired) electrons. The molecule has 2 aliphatic rings. The molecule has 2 fully saturated rings. The predicted molar refractivity (Wildman–Crippen MR) is 100 cm³/mol. The van der Waals surface area contributed by atoms with Crippen molar-refractivity contribution in [3.05, 3.63) is 30.1 Å². The van der Waals surface area contributed by atoms with Gasteiger partial charge in [0.25, 0.3) is 11.8 Å². The molecule has 0 bridgehead atoms. The highest BCUT2D eigenvalue weighted by molar-refractivity contribution is 5.77. The van der Waals surface area contributed by atoms with Crippen LogP contribution < -0.4 is 20.0 Å². The van der Waals surface area contributed by atoms with Gasteiger partial charge in [0.1, 0.15) is 5.82 Å². The van der Waals surface area contributed by atoms with Crippen molar-refractivity contribution in [1.29, 1.82) is 0 Å². The van der Waals surface area contributed by atoms with Crippen LogP contribution in [0.1, 0.15) is 0 Å². The third kappa shape index (κ3) is 5.40. The number of nitrogens with zero attached hydrogens (tertiary/aromatic N) is 2. The summed E-state index contributed by atoms with van der Waals surface area (Å²) in [6.07, 6.45) is 0. The molecule has 3 N–H and O–H groups in total. The molecular formula is C19H30FN5O2+2. The zero-order valence-electron chi connectivity index (χ0n) is 16.0. The number of piperazine rings is 2. The van der Waals surface area contributed by atoms with E-state index >= 15 is 0 Å². The number of likely N-dealkylation sites (N-methyl/N-ethyl adjacent to an activating group) is 1. The molecule has 0 spiro atoms. The van der Waals surface area contributed by atoms with Gasteiger partial charge in [0.2, 0.25) is 0 Å². The summed E-state index contributed by atoms with van der Waals surface area (Å²) >= 11 is 0. The quantitative estimate of drug-likeness (QED) is 0.511. The van der Waals surface area contributed by atoms with Crippen LogP contribution in [0.2, 0.25) is 0 Å². The Morgan fingerprint density at radius 1 is 0.963 bits per heavy atom. The van der Waals surface area contributed by atoms with Crippen molar-refractivity contribution in [1.82, 2.24) is 10.2 Å². The molecule has 2 saturated heterocycles. The summed E-state index contributed by atoms with van der Waals surface area (Å²) in [7, 11) is 1.65. The third-order valence-electron chi connectivity index (χ3n) is 5.58. The number of quaternary nitrogens is 2. The van der Waals surface area contributed by atoms with Crippen molar-refractivity contribution in [2.75, 3.05) is 77.4 Å². The number of hydrogen-bond donors (Lipinski definition) is 3. The van der Waals surface area contributed by atoms with Crippen LogP contribution in [-0.2, 0) is 9.59 Å². The molecule has 8 heteroatoms. The van der Waals surface area contributed by atoms with Gasteiger partial charge < -0.3 is 24.9 Å². The van der Waals surface area contributed by atoms with E-state index in [2.05, 4.69) is 10.2 Å². The Hall–Kier alpha value is -2.19. The number of carbonyl (C=O) groups excluding carboxylic acids is 2. The van der Waals surface area contributed by atoms with E-state index in [1.165, 1.54) is 21.9 Å². The molecular weight excluding hydrogens is 349 g/mol. The Bertz CT molecular complexity index is 638. The lowest BCUT2D eigenvalue weighted by Gasteiger charge is -2.35. The van der Waals surface area contributed by atoms with Gasteiger partial charge in [-0.15, -0.1) is 0 Å². The minimum atomic E-state index is -0.217. The highest BCUT2D eigenvalue weighted by Crippen LogP contribution is 2.14. The molecule has 3 rings (SSSR count). The summed E-state index contributed by atoms with van der Waals surface area (Å²) in [5.74, 6) is 0.0401. The van der Waals surface area contributed by atoms with Crippen LogP contribution in [0, 0.1) is 5.82 Å². The molecule has 1 aromatic rings.